The molecule has 4 nitrogen and oxygen atoms in total. The molecule has 0 saturated heterocycles. The first-order valence-corrected chi connectivity index (χ1v) is 18.6. The van der Waals surface area contributed by atoms with Crippen LogP contribution in [0, 0.1) is 29.6 Å². The molecule has 0 aliphatic carbocycles. The van der Waals surface area contributed by atoms with Crippen molar-refractivity contribution in [1.82, 2.24) is 0 Å². The molecule has 0 aliphatic rings. The van der Waals surface area contributed by atoms with Crippen LogP contribution in [0.4, 0.5) is 0 Å². The summed E-state index contributed by atoms with van der Waals surface area (Å²) in [6, 6.07) is 0. The summed E-state index contributed by atoms with van der Waals surface area (Å²) in [5.74, 6) is 2.69. The lowest BCUT2D eigenvalue weighted by Crippen LogP contribution is -2.17. The molecule has 42 heavy (non-hydrogen) atoms. The molecule has 4 unspecified atom stereocenters. The third-order valence-electron chi connectivity index (χ3n) is 9.49. The Bertz CT molecular complexity index is 616. The Labute approximate surface area is 263 Å². The minimum absolute atomic E-state index is 0.0252. The summed E-state index contributed by atoms with van der Waals surface area (Å²) in [5, 5.41) is 0. The number of hydrogen-bond acceptors (Lipinski definition) is 4. The monoisotopic (exact) mass is 595 g/mol. The van der Waals surface area contributed by atoms with Gasteiger partial charge in [0.25, 0.3) is 0 Å². The summed E-state index contributed by atoms with van der Waals surface area (Å²) in [4.78, 5) is 24.4. The highest BCUT2D eigenvalue weighted by molar-refractivity contribution is 5.72. The molecule has 0 saturated carbocycles. The minimum atomic E-state index is 0.0252. The van der Waals surface area contributed by atoms with Crippen LogP contribution >= 0.6 is 0 Å². The maximum Gasteiger partial charge on any atom is 0.308 e. The van der Waals surface area contributed by atoms with Crippen LogP contribution in [0.3, 0.4) is 0 Å². The summed E-state index contributed by atoms with van der Waals surface area (Å²) in [7, 11) is 0. The van der Waals surface area contributed by atoms with Crippen molar-refractivity contribution in [3.63, 3.8) is 0 Å². The van der Waals surface area contributed by atoms with Gasteiger partial charge in [-0.2, -0.15) is 0 Å². The van der Waals surface area contributed by atoms with Gasteiger partial charge in [0, 0.05) is 0 Å². The van der Waals surface area contributed by atoms with Crippen molar-refractivity contribution in [2.75, 3.05) is 13.2 Å². The Hall–Kier alpha value is -1.06. The van der Waals surface area contributed by atoms with E-state index in [1.807, 2.05) is 0 Å². The molecule has 4 atom stereocenters. The van der Waals surface area contributed by atoms with E-state index in [1.54, 1.807) is 0 Å². The van der Waals surface area contributed by atoms with Gasteiger partial charge in [-0.1, -0.05) is 145 Å². The Balaban J connectivity index is 3.83. The fourth-order valence-corrected chi connectivity index (χ4v) is 6.08. The molecule has 0 aliphatic heterocycles. The maximum absolute atomic E-state index is 12.2. The van der Waals surface area contributed by atoms with E-state index >= 15 is 0 Å². The number of unbranched alkanes of at least 4 members (excludes halogenated alkanes) is 10. The molecule has 0 fully saturated rings. The Morgan fingerprint density at radius 2 is 0.905 bits per heavy atom. The van der Waals surface area contributed by atoms with Crippen molar-refractivity contribution in [3.05, 3.63) is 0 Å². The van der Waals surface area contributed by atoms with Gasteiger partial charge in [0.2, 0.25) is 0 Å². The average Bonchev–Trinajstić information content (AvgIpc) is 2.97. The van der Waals surface area contributed by atoms with Crippen molar-refractivity contribution in [2.45, 2.75) is 190 Å². The summed E-state index contributed by atoms with van der Waals surface area (Å²) in [6.45, 7) is 17.0. The van der Waals surface area contributed by atoms with Crippen LogP contribution in [0.1, 0.15) is 190 Å². The summed E-state index contributed by atoms with van der Waals surface area (Å²) < 4.78 is 11.1. The molecular weight excluding hydrogens is 520 g/mol. The van der Waals surface area contributed by atoms with E-state index in [4.69, 9.17) is 9.47 Å². The van der Waals surface area contributed by atoms with Gasteiger partial charge in [-0.15, -0.1) is 0 Å². The summed E-state index contributed by atoms with van der Waals surface area (Å²) in [6.07, 6.45) is 25.8. The molecule has 0 heterocycles. The quantitative estimate of drug-likeness (QED) is 0.0613. The predicted molar refractivity (Wildman–Crippen MR) is 181 cm³/mol. The number of esters is 2. The first-order valence-electron chi connectivity index (χ1n) is 18.6. The van der Waals surface area contributed by atoms with Crippen LogP contribution in [0.15, 0.2) is 0 Å². The first-order chi connectivity index (χ1) is 20.3. The van der Waals surface area contributed by atoms with Crippen LogP contribution in [-0.2, 0) is 19.1 Å². The molecule has 0 rings (SSSR count). The Morgan fingerprint density at radius 3 is 1.33 bits per heavy atom. The molecule has 0 aromatic rings. The van der Waals surface area contributed by atoms with E-state index in [1.165, 1.54) is 77.0 Å². The molecule has 0 amide bonds. The maximum atomic E-state index is 12.2. The molecule has 4 heteroatoms. The number of rotatable bonds is 30. The van der Waals surface area contributed by atoms with E-state index in [9.17, 15) is 9.59 Å². The van der Waals surface area contributed by atoms with Crippen LogP contribution in [0.25, 0.3) is 0 Å². The lowest BCUT2D eigenvalue weighted by molar-refractivity contribution is -0.150. The van der Waals surface area contributed by atoms with Gasteiger partial charge in [-0.3, -0.25) is 9.59 Å². The zero-order valence-corrected chi connectivity index (χ0v) is 29.5. The van der Waals surface area contributed by atoms with Crippen LogP contribution < -0.4 is 0 Å². The van der Waals surface area contributed by atoms with E-state index < -0.39 is 0 Å². The molecular formula is C38H74O4. The van der Waals surface area contributed by atoms with Gasteiger partial charge >= 0.3 is 11.9 Å². The smallest absolute Gasteiger partial charge is 0.308 e. The van der Waals surface area contributed by atoms with Gasteiger partial charge in [-0.25, -0.2) is 0 Å². The second-order valence-electron chi connectivity index (χ2n) is 13.6. The standard InChI is InChI=1S/C38H74O4/c1-8-12-25-34(10-3)37(39)41-30-22-18-14-16-20-24-33(7)28-29-36(32(5)6)27-21-17-15-19-23-31-42-38(40)35(11-4)26-13-9-2/h32-36H,8-31H2,1-7H3. The molecule has 0 aromatic heterocycles. The topological polar surface area (TPSA) is 52.6 Å². The minimum Gasteiger partial charge on any atom is -0.465 e. The SMILES string of the molecule is CCCCC(CC)C(=O)OCCCCCCCC(C)CCC(CCCCCCCOC(=O)C(CC)CCCC)C(C)C. The van der Waals surface area contributed by atoms with Crippen molar-refractivity contribution in [1.29, 1.82) is 0 Å². The molecule has 0 spiro atoms. The van der Waals surface area contributed by atoms with Crippen molar-refractivity contribution >= 4 is 11.9 Å². The highest BCUT2D eigenvalue weighted by Gasteiger charge is 2.18. The largest absolute Gasteiger partial charge is 0.465 e. The van der Waals surface area contributed by atoms with E-state index in [0.717, 1.165) is 82.0 Å². The molecule has 0 bridgehead atoms. The van der Waals surface area contributed by atoms with Crippen molar-refractivity contribution in [2.24, 2.45) is 29.6 Å². The summed E-state index contributed by atoms with van der Waals surface area (Å²) >= 11 is 0. The Morgan fingerprint density at radius 1 is 0.476 bits per heavy atom. The molecule has 250 valence electrons. The first kappa shape index (κ1) is 40.9. The van der Waals surface area contributed by atoms with Gasteiger partial charge in [-0.05, 0) is 62.7 Å². The molecule has 0 N–H and O–H groups in total. The van der Waals surface area contributed by atoms with Crippen molar-refractivity contribution in [3.8, 4) is 0 Å². The fourth-order valence-electron chi connectivity index (χ4n) is 6.08. The van der Waals surface area contributed by atoms with Gasteiger partial charge < -0.3 is 9.47 Å². The molecule has 0 aromatic carbocycles. The highest BCUT2D eigenvalue weighted by atomic mass is 16.5. The lowest BCUT2D eigenvalue weighted by Gasteiger charge is -2.23. The second kappa shape index (κ2) is 28.7. The van der Waals surface area contributed by atoms with Crippen LogP contribution in [0.2, 0.25) is 0 Å². The predicted octanol–water partition coefficient (Wildman–Crippen LogP) is 11.9. The van der Waals surface area contributed by atoms with E-state index in [-0.39, 0.29) is 23.8 Å². The highest BCUT2D eigenvalue weighted by Crippen LogP contribution is 2.27. The third-order valence-corrected chi connectivity index (χ3v) is 9.49. The van der Waals surface area contributed by atoms with Gasteiger partial charge in [0.15, 0.2) is 0 Å². The van der Waals surface area contributed by atoms with Crippen LogP contribution in [-0.4, -0.2) is 25.2 Å². The zero-order chi connectivity index (χ0) is 31.4. The molecule has 0 radical (unpaired) electrons. The van der Waals surface area contributed by atoms with E-state index in [2.05, 4.69) is 48.5 Å². The van der Waals surface area contributed by atoms with Crippen LogP contribution in [0.5, 0.6) is 0 Å². The van der Waals surface area contributed by atoms with Crippen molar-refractivity contribution < 1.29 is 19.1 Å². The number of carbonyl (C=O) groups is 2. The third kappa shape index (κ3) is 22.5. The number of ether oxygens (including phenoxy) is 2. The number of hydrogen-bond donors (Lipinski definition) is 0. The van der Waals surface area contributed by atoms with Gasteiger partial charge in [0.05, 0.1) is 25.0 Å². The normalized spacial score (nSPS) is 14.5. The van der Waals surface area contributed by atoms with E-state index in [0.29, 0.717) is 13.2 Å². The van der Waals surface area contributed by atoms with Gasteiger partial charge in [0.1, 0.15) is 0 Å². The fraction of sp³-hybridized carbons (Fsp3) is 0.947. The zero-order valence-electron chi connectivity index (χ0n) is 29.5. The summed E-state index contributed by atoms with van der Waals surface area (Å²) in [5.41, 5.74) is 0. The lowest BCUT2D eigenvalue weighted by atomic mass is 9.83. The second-order valence-corrected chi connectivity index (χ2v) is 13.6. The Kier molecular flexibility index (Phi) is 28.0. The number of carbonyl (C=O) groups excluding carboxylic acids is 2. The average molecular weight is 595 g/mol.